The predicted molar refractivity (Wildman–Crippen MR) is 46.7 cm³/mol. The molecule has 0 amide bonds. The number of carboxylic acid groups (broad SMARTS) is 1. The Kier molecular flexibility index (Phi) is 3.88. The summed E-state index contributed by atoms with van der Waals surface area (Å²) in [7, 11) is 0. The van der Waals surface area contributed by atoms with Crippen molar-refractivity contribution in [3.63, 3.8) is 0 Å². The molecule has 0 aliphatic carbocycles. The lowest BCUT2D eigenvalue weighted by atomic mass is 9.99. The van der Waals surface area contributed by atoms with Crippen molar-refractivity contribution in [3.05, 3.63) is 0 Å². The van der Waals surface area contributed by atoms with E-state index in [1.54, 1.807) is 6.92 Å². The molecule has 14 heavy (non-hydrogen) atoms. The summed E-state index contributed by atoms with van der Waals surface area (Å²) in [6.07, 6.45) is 0.319. The Balaban J connectivity index is 2.35. The van der Waals surface area contributed by atoms with Crippen molar-refractivity contribution in [1.82, 2.24) is 0 Å². The molecule has 5 nitrogen and oxygen atoms in total. The molecule has 0 bridgehead atoms. The van der Waals surface area contributed by atoms with Crippen LogP contribution in [0.15, 0.2) is 0 Å². The van der Waals surface area contributed by atoms with Crippen LogP contribution >= 0.6 is 0 Å². The second-order valence-electron chi connectivity index (χ2n) is 3.19. The summed E-state index contributed by atoms with van der Waals surface area (Å²) in [6, 6.07) is 0. The van der Waals surface area contributed by atoms with E-state index in [-0.39, 0.29) is 6.61 Å². The lowest BCUT2D eigenvalue weighted by Gasteiger charge is -2.24. The minimum Gasteiger partial charge on any atom is -0.481 e. The number of carboxylic acids is 1. The first kappa shape index (κ1) is 11.0. The van der Waals surface area contributed by atoms with E-state index in [0.717, 1.165) is 0 Å². The Labute approximate surface area is 82.0 Å². The van der Waals surface area contributed by atoms with E-state index < -0.39 is 24.0 Å². The quantitative estimate of drug-likeness (QED) is 0.672. The highest BCUT2D eigenvalue weighted by Crippen LogP contribution is 2.19. The van der Waals surface area contributed by atoms with Crippen LogP contribution < -0.4 is 0 Å². The van der Waals surface area contributed by atoms with Gasteiger partial charge >= 0.3 is 11.9 Å². The van der Waals surface area contributed by atoms with E-state index in [9.17, 15) is 9.59 Å². The number of rotatable bonds is 3. The van der Waals surface area contributed by atoms with Gasteiger partial charge in [0.05, 0.1) is 19.1 Å². The topological polar surface area (TPSA) is 72.8 Å². The summed E-state index contributed by atoms with van der Waals surface area (Å²) in [5, 5.41) is 8.67. The van der Waals surface area contributed by atoms with Crippen molar-refractivity contribution < 1.29 is 24.2 Å². The lowest BCUT2D eigenvalue weighted by molar-refractivity contribution is -0.166. The zero-order valence-corrected chi connectivity index (χ0v) is 8.06. The Morgan fingerprint density at radius 3 is 2.64 bits per heavy atom. The van der Waals surface area contributed by atoms with Gasteiger partial charge in [-0.15, -0.1) is 0 Å². The summed E-state index contributed by atoms with van der Waals surface area (Å²) in [6.45, 7) is 2.14. The minimum atomic E-state index is -0.868. The number of carbonyl (C=O) groups excluding carboxylic acids is 1. The van der Waals surface area contributed by atoms with Gasteiger partial charge in [-0.2, -0.15) is 0 Å². The van der Waals surface area contributed by atoms with Crippen LogP contribution in [0.25, 0.3) is 0 Å². The Hall–Kier alpha value is -1.10. The van der Waals surface area contributed by atoms with Gasteiger partial charge in [-0.1, -0.05) is 0 Å². The second kappa shape index (κ2) is 4.95. The summed E-state index contributed by atoms with van der Waals surface area (Å²) in [5.41, 5.74) is 0. The molecule has 1 heterocycles. The number of hydrogen-bond acceptors (Lipinski definition) is 4. The van der Waals surface area contributed by atoms with Gasteiger partial charge in [0.1, 0.15) is 0 Å². The van der Waals surface area contributed by atoms with Crippen molar-refractivity contribution >= 4 is 11.9 Å². The first-order chi connectivity index (χ1) is 6.65. The second-order valence-corrected chi connectivity index (χ2v) is 3.19. The summed E-state index contributed by atoms with van der Waals surface area (Å²) >= 11 is 0. The molecule has 0 aromatic heterocycles. The fraction of sp³-hybridized carbons (Fsp3) is 0.778. The van der Waals surface area contributed by atoms with E-state index in [1.165, 1.54) is 0 Å². The van der Waals surface area contributed by atoms with Gasteiger partial charge in [0, 0.05) is 0 Å². The Morgan fingerprint density at radius 2 is 2.21 bits per heavy atom. The number of esters is 1. The molecule has 80 valence electrons. The Bertz CT molecular complexity index is 217. The molecule has 0 aromatic carbocycles. The number of ether oxygens (including phenoxy) is 2. The molecular formula is C9H14O5. The molecule has 1 fully saturated rings. The van der Waals surface area contributed by atoms with Crippen LogP contribution in [0, 0.1) is 5.92 Å². The maximum absolute atomic E-state index is 11.2. The lowest BCUT2D eigenvalue weighted by Crippen LogP contribution is -2.36. The van der Waals surface area contributed by atoms with Gasteiger partial charge in [0.2, 0.25) is 0 Å². The maximum Gasteiger partial charge on any atom is 0.335 e. The normalized spacial score (nSPS) is 26.9. The summed E-state index contributed by atoms with van der Waals surface area (Å²) < 4.78 is 9.88. The summed E-state index contributed by atoms with van der Waals surface area (Å²) in [5.74, 6) is -1.75. The van der Waals surface area contributed by atoms with Crippen LogP contribution in [0.2, 0.25) is 0 Å². The molecule has 1 aliphatic rings. The smallest absolute Gasteiger partial charge is 0.335 e. The highest BCUT2D eigenvalue weighted by atomic mass is 16.6. The van der Waals surface area contributed by atoms with Gasteiger partial charge in [0.15, 0.2) is 6.10 Å². The van der Waals surface area contributed by atoms with Crippen molar-refractivity contribution in [2.75, 3.05) is 13.2 Å². The third kappa shape index (κ3) is 2.70. The van der Waals surface area contributed by atoms with Gasteiger partial charge < -0.3 is 14.6 Å². The van der Waals surface area contributed by atoms with Gasteiger partial charge in [-0.05, 0) is 19.8 Å². The van der Waals surface area contributed by atoms with Crippen LogP contribution in [0.5, 0.6) is 0 Å². The van der Waals surface area contributed by atoms with Gasteiger partial charge in [-0.25, -0.2) is 4.79 Å². The van der Waals surface area contributed by atoms with Crippen molar-refractivity contribution in [3.8, 4) is 0 Å². The Morgan fingerprint density at radius 1 is 1.50 bits per heavy atom. The first-order valence-electron chi connectivity index (χ1n) is 4.66. The van der Waals surface area contributed by atoms with E-state index in [2.05, 4.69) is 0 Å². The van der Waals surface area contributed by atoms with Gasteiger partial charge in [0.25, 0.3) is 0 Å². The SMILES string of the molecule is CCOC(=O)C1CCC(C(=O)O)CO1. The first-order valence-corrected chi connectivity index (χ1v) is 4.66. The third-order valence-corrected chi connectivity index (χ3v) is 2.17. The van der Waals surface area contributed by atoms with Crippen LogP contribution in [-0.4, -0.2) is 36.4 Å². The molecular weight excluding hydrogens is 188 g/mol. The fourth-order valence-electron chi connectivity index (χ4n) is 1.37. The fourth-order valence-corrected chi connectivity index (χ4v) is 1.37. The molecule has 0 aromatic rings. The van der Waals surface area contributed by atoms with E-state index in [0.29, 0.717) is 19.4 Å². The number of carbonyl (C=O) groups is 2. The molecule has 0 spiro atoms. The molecule has 1 saturated heterocycles. The molecule has 1 aliphatic heterocycles. The predicted octanol–water partition coefficient (Wildman–Crippen LogP) is 0.429. The number of hydrogen-bond donors (Lipinski definition) is 1. The molecule has 2 unspecified atom stereocenters. The zero-order valence-electron chi connectivity index (χ0n) is 8.06. The summed E-state index contributed by atoms with van der Waals surface area (Å²) in [4.78, 5) is 21.7. The molecule has 1 N–H and O–H groups in total. The average molecular weight is 202 g/mol. The third-order valence-electron chi connectivity index (χ3n) is 2.17. The van der Waals surface area contributed by atoms with E-state index in [1.807, 2.05) is 0 Å². The molecule has 5 heteroatoms. The zero-order chi connectivity index (χ0) is 10.6. The monoisotopic (exact) mass is 202 g/mol. The molecule has 0 saturated carbocycles. The van der Waals surface area contributed by atoms with Gasteiger partial charge in [-0.3, -0.25) is 4.79 Å². The van der Waals surface area contributed by atoms with E-state index >= 15 is 0 Å². The van der Waals surface area contributed by atoms with Crippen LogP contribution in [0.3, 0.4) is 0 Å². The van der Waals surface area contributed by atoms with E-state index in [4.69, 9.17) is 14.6 Å². The molecule has 1 rings (SSSR count). The van der Waals surface area contributed by atoms with Crippen molar-refractivity contribution in [1.29, 1.82) is 0 Å². The highest BCUT2D eigenvalue weighted by molar-refractivity contribution is 5.75. The standard InChI is InChI=1S/C9H14O5/c1-2-13-9(12)7-4-3-6(5-14-7)8(10)11/h6-7H,2-5H2,1H3,(H,10,11). The maximum atomic E-state index is 11.2. The van der Waals surface area contributed by atoms with Crippen molar-refractivity contribution in [2.45, 2.75) is 25.9 Å². The average Bonchev–Trinajstić information content (AvgIpc) is 2.18. The molecule has 0 radical (unpaired) electrons. The van der Waals surface area contributed by atoms with Crippen LogP contribution in [0.4, 0.5) is 0 Å². The minimum absolute atomic E-state index is 0.0960. The van der Waals surface area contributed by atoms with Crippen molar-refractivity contribution in [2.24, 2.45) is 5.92 Å². The largest absolute Gasteiger partial charge is 0.481 e. The molecule has 2 atom stereocenters. The highest BCUT2D eigenvalue weighted by Gasteiger charge is 2.31. The van der Waals surface area contributed by atoms with Crippen LogP contribution in [0.1, 0.15) is 19.8 Å². The van der Waals surface area contributed by atoms with Crippen LogP contribution in [-0.2, 0) is 19.1 Å². The number of aliphatic carboxylic acids is 1.